The van der Waals surface area contributed by atoms with E-state index < -0.39 is 0 Å². The summed E-state index contributed by atoms with van der Waals surface area (Å²) >= 11 is 5.93. The summed E-state index contributed by atoms with van der Waals surface area (Å²) in [5.74, 6) is 0.675. The van der Waals surface area contributed by atoms with E-state index >= 15 is 0 Å². The molecule has 7 nitrogen and oxygen atoms in total. The lowest BCUT2D eigenvalue weighted by atomic mass is 9.88. The van der Waals surface area contributed by atoms with Crippen molar-refractivity contribution in [3.8, 4) is 5.75 Å². The molecular formula is C25H27ClN4O3. The number of ether oxygens (including phenoxy) is 1. The molecule has 2 aromatic carbocycles. The molecule has 2 heterocycles. The Kier molecular flexibility index (Phi) is 7.32. The minimum Gasteiger partial charge on any atom is -0.495 e. The summed E-state index contributed by atoms with van der Waals surface area (Å²) in [5.41, 5.74) is 3.53. The Morgan fingerprint density at radius 2 is 1.91 bits per heavy atom. The Morgan fingerprint density at radius 1 is 1.15 bits per heavy atom. The summed E-state index contributed by atoms with van der Waals surface area (Å²) in [6, 6.07) is 18.4. The van der Waals surface area contributed by atoms with E-state index in [0.717, 1.165) is 29.9 Å². The molecule has 1 aliphatic heterocycles. The summed E-state index contributed by atoms with van der Waals surface area (Å²) in [6.45, 7) is 1.51. The number of nitrogens with one attached hydrogen (secondary N) is 2. The molecule has 0 aliphatic carbocycles. The van der Waals surface area contributed by atoms with Crippen molar-refractivity contribution in [2.45, 2.75) is 25.0 Å². The minimum absolute atomic E-state index is 0.0156. The molecule has 0 spiro atoms. The Hall–Kier alpha value is -3.29. The van der Waals surface area contributed by atoms with Gasteiger partial charge in [-0.3, -0.25) is 4.98 Å². The predicted octanol–water partition coefficient (Wildman–Crippen LogP) is 4.42. The number of piperidine rings is 1. The number of hydrogen-bond acceptors (Lipinski definition) is 5. The number of methoxy groups -OCH3 is 1. The fraction of sp³-hybridized carbons (Fsp3) is 0.280. The molecule has 1 aromatic heterocycles. The van der Waals surface area contributed by atoms with Crippen molar-refractivity contribution in [1.82, 2.24) is 10.3 Å². The van der Waals surface area contributed by atoms with Crippen molar-refractivity contribution < 1.29 is 14.6 Å². The molecule has 172 valence electrons. The van der Waals surface area contributed by atoms with Crippen LogP contribution in [0, 0.1) is 0 Å². The largest absolute Gasteiger partial charge is 0.495 e. The third kappa shape index (κ3) is 5.74. The lowest BCUT2D eigenvalue weighted by Crippen LogP contribution is -2.51. The second-order valence-corrected chi connectivity index (χ2v) is 8.44. The molecule has 4 rings (SSSR count). The van der Waals surface area contributed by atoms with Crippen molar-refractivity contribution in [2.24, 2.45) is 0 Å². The summed E-state index contributed by atoms with van der Waals surface area (Å²) in [7, 11) is 1.61. The number of carbonyl (C=O) groups excluding carboxylic acids is 1. The van der Waals surface area contributed by atoms with Crippen LogP contribution in [0.4, 0.5) is 16.2 Å². The minimum atomic E-state index is -0.262. The average Bonchev–Trinajstić information content (AvgIpc) is 2.86. The van der Waals surface area contributed by atoms with Gasteiger partial charge >= 0.3 is 6.03 Å². The third-order valence-corrected chi connectivity index (χ3v) is 6.14. The second-order valence-electron chi connectivity index (χ2n) is 8.00. The number of nitrogens with zero attached hydrogens (tertiary/aromatic N) is 2. The molecule has 2 unspecified atom stereocenters. The Balaban J connectivity index is 1.51. The number of hydrogen-bond donors (Lipinski definition) is 3. The average molecular weight is 467 g/mol. The molecular weight excluding hydrogens is 440 g/mol. The lowest BCUT2D eigenvalue weighted by Gasteiger charge is -2.40. The van der Waals surface area contributed by atoms with Crippen LogP contribution in [0.25, 0.3) is 0 Å². The molecule has 2 amide bonds. The maximum Gasteiger partial charge on any atom is 0.319 e. The maximum atomic E-state index is 12.7. The van der Waals surface area contributed by atoms with Crippen LogP contribution < -0.4 is 20.3 Å². The first-order chi connectivity index (χ1) is 16.1. The van der Waals surface area contributed by atoms with Crippen molar-refractivity contribution in [3.63, 3.8) is 0 Å². The summed E-state index contributed by atoms with van der Waals surface area (Å²) in [5, 5.41) is 16.0. The molecule has 3 aromatic rings. The van der Waals surface area contributed by atoms with E-state index in [1.54, 1.807) is 37.6 Å². The monoisotopic (exact) mass is 466 g/mol. The first-order valence-corrected chi connectivity index (χ1v) is 11.2. The van der Waals surface area contributed by atoms with Crippen LogP contribution in [-0.2, 0) is 6.61 Å². The Labute approximate surface area is 198 Å². The van der Waals surface area contributed by atoms with Gasteiger partial charge in [-0.25, -0.2) is 4.79 Å². The Bertz CT molecular complexity index is 1060. The zero-order chi connectivity index (χ0) is 23.2. The molecule has 3 N–H and O–H groups in total. The van der Waals surface area contributed by atoms with E-state index in [2.05, 4.69) is 20.5 Å². The van der Waals surface area contributed by atoms with E-state index in [-0.39, 0.29) is 24.6 Å². The van der Waals surface area contributed by atoms with Gasteiger partial charge in [0.15, 0.2) is 0 Å². The smallest absolute Gasteiger partial charge is 0.319 e. The standard InChI is InChI=1S/C25H27ClN4O3/c1-33-21-10-11-23(27-14-21)22-15-30(20-8-2-17(16-31)3-9-20)13-12-24(22)29-25(32)28-19-6-4-18(26)5-7-19/h2-11,14,22,24,31H,12-13,15-16H2,1H3,(H2,28,29,32). The van der Waals surface area contributed by atoms with E-state index in [9.17, 15) is 9.90 Å². The van der Waals surface area contributed by atoms with E-state index in [0.29, 0.717) is 23.0 Å². The van der Waals surface area contributed by atoms with E-state index in [1.165, 1.54) is 0 Å². The first kappa shape index (κ1) is 22.9. The lowest BCUT2D eigenvalue weighted by molar-refractivity contribution is 0.243. The number of benzene rings is 2. The van der Waals surface area contributed by atoms with Gasteiger partial charge < -0.3 is 25.4 Å². The molecule has 0 radical (unpaired) electrons. The highest BCUT2D eigenvalue weighted by Crippen LogP contribution is 2.30. The zero-order valence-corrected chi connectivity index (χ0v) is 19.1. The van der Waals surface area contributed by atoms with Crippen molar-refractivity contribution >= 4 is 29.0 Å². The van der Waals surface area contributed by atoms with E-state index in [4.69, 9.17) is 16.3 Å². The highest BCUT2D eigenvalue weighted by Gasteiger charge is 2.32. The van der Waals surface area contributed by atoms with Gasteiger partial charge in [0.05, 0.1) is 19.9 Å². The van der Waals surface area contributed by atoms with Gasteiger partial charge in [0.1, 0.15) is 5.75 Å². The van der Waals surface area contributed by atoms with Gasteiger partial charge in [-0.2, -0.15) is 0 Å². The first-order valence-electron chi connectivity index (χ1n) is 10.8. The topological polar surface area (TPSA) is 86.7 Å². The molecule has 1 fully saturated rings. The van der Waals surface area contributed by atoms with Crippen LogP contribution in [0.2, 0.25) is 5.02 Å². The number of anilines is 2. The fourth-order valence-corrected chi connectivity index (χ4v) is 4.20. The van der Waals surface area contributed by atoms with Crippen LogP contribution in [0.1, 0.15) is 23.6 Å². The van der Waals surface area contributed by atoms with Gasteiger partial charge in [0, 0.05) is 47.1 Å². The quantitative estimate of drug-likeness (QED) is 0.500. The number of amides is 2. The van der Waals surface area contributed by atoms with Gasteiger partial charge in [-0.05, 0) is 60.5 Å². The zero-order valence-electron chi connectivity index (χ0n) is 18.4. The van der Waals surface area contributed by atoms with Crippen LogP contribution >= 0.6 is 11.6 Å². The van der Waals surface area contributed by atoms with Crippen LogP contribution in [0.3, 0.4) is 0 Å². The number of aromatic nitrogens is 1. The SMILES string of the molecule is COc1ccc(C2CN(c3ccc(CO)cc3)CCC2NC(=O)Nc2ccc(Cl)cc2)nc1. The number of aliphatic hydroxyl groups is 1. The highest BCUT2D eigenvalue weighted by molar-refractivity contribution is 6.30. The van der Waals surface area contributed by atoms with Crippen molar-refractivity contribution in [3.05, 3.63) is 83.1 Å². The predicted molar refractivity (Wildman–Crippen MR) is 130 cm³/mol. The van der Waals surface area contributed by atoms with Crippen LogP contribution in [0.5, 0.6) is 5.75 Å². The third-order valence-electron chi connectivity index (χ3n) is 5.89. The molecule has 1 aliphatic rings. The number of urea groups is 1. The maximum absolute atomic E-state index is 12.7. The normalized spacial score (nSPS) is 18.0. The molecule has 1 saturated heterocycles. The van der Waals surface area contributed by atoms with Gasteiger partial charge in [0.2, 0.25) is 0 Å². The number of carbonyl (C=O) groups is 1. The van der Waals surface area contributed by atoms with Gasteiger partial charge in [0.25, 0.3) is 0 Å². The molecule has 2 atom stereocenters. The van der Waals surface area contributed by atoms with Crippen molar-refractivity contribution in [2.75, 3.05) is 30.4 Å². The van der Waals surface area contributed by atoms with Crippen molar-refractivity contribution in [1.29, 1.82) is 0 Å². The molecule has 33 heavy (non-hydrogen) atoms. The number of halogens is 1. The number of aliphatic hydroxyl groups excluding tert-OH is 1. The molecule has 0 bridgehead atoms. The van der Waals surface area contributed by atoms with Gasteiger partial charge in [-0.1, -0.05) is 23.7 Å². The van der Waals surface area contributed by atoms with Crippen LogP contribution in [0.15, 0.2) is 66.9 Å². The Morgan fingerprint density at radius 3 is 2.55 bits per heavy atom. The molecule has 0 saturated carbocycles. The molecule has 8 heteroatoms. The second kappa shape index (κ2) is 10.6. The summed E-state index contributed by atoms with van der Waals surface area (Å²) in [4.78, 5) is 19.6. The fourth-order valence-electron chi connectivity index (χ4n) is 4.07. The number of pyridine rings is 1. The van der Waals surface area contributed by atoms with Crippen LogP contribution in [-0.4, -0.2) is 42.4 Å². The summed E-state index contributed by atoms with van der Waals surface area (Å²) in [6.07, 6.45) is 2.46. The van der Waals surface area contributed by atoms with Gasteiger partial charge in [-0.15, -0.1) is 0 Å². The summed E-state index contributed by atoms with van der Waals surface area (Å²) < 4.78 is 5.25. The highest BCUT2D eigenvalue weighted by atomic mass is 35.5. The number of rotatable bonds is 6. The van der Waals surface area contributed by atoms with E-state index in [1.807, 2.05) is 36.4 Å².